The van der Waals surface area contributed by atoms with Crippen molar-refractivity contribution < 1.29 is 4.74 Å². The van der Waals surface area contributed by atoms with Gasteiger partial charge in [-0.1, -0.05) is 31.2 Å². The monoisotopic (exact) mass is 260 g/mol. The molecule has 0 amide bonds. The van der Waals surface area contributed by atoms with Crippen LogP contribution in [0, 0.1) is 0 Å². The van der Waals surface area contributed by atoms with Gasteiger partial charge in [0.25, 0.3) is 0 Å². The van der Waals surface area contributed by atoms with Crippen molar-refractivity contribution in [1.29, 1.82) is 0 Å². The first-order valence-electron chi connectivity index (χ1n) is 7.46. The Balaban J connectivity index is 1.85. The molecule has 3 rings (SSSR count). The maximum Gasteiger partial charge on any atom is 0.0619 e. The molecule has 1 saturated heterocycles. The largest absolute Gasteiger partial charge is 0.379 e. The van der Waals surface area contributed by atoms with Gasteiger partial charge in [-0.2, -0.15) is 0 Å². The van der Waals surface area contributed by atoms with E-state index in [9.17, 15) is 0 Å². The lowest BCUT2D eigenvalue weighted by atomic mass is 10.0. The third-order valence-electron chi connectivity index (χ3n) is 4.47. The number of nitrogens with zero attached hydrogens (tertiary/aromatic N) is 1. The molecule has 3 unspecified atom stereocenters. The maximum absolute atomic E-state index is 5.58. The van der Waals surface area contributed by atoms with Gasteiger partial charge in [0.15, 0.2) is 0 Å². The number of likely N-dealkylation sites (N-methyl/N-ethyl adjacent to an activating group) is 1. The van der Waals surface area contributed by atoms with Gasteiger partial charge in [-0.3, -0.25) is 4.90 Å². The molecule has 0 aromatic heterocycles. The molecule has 3 atom stereocenters. The van der Waals surface area contributed by atoms with Gasteiger partial charge in [-0.25, -0.2) is 0 Å². The summed E-state index contributed by atoms with van der Waals surface area (Å²) in [6.45, 7) is 8.30. The Hall–Kier alpha value is -0.900. The van der Waals surface area contributed by atoms with Crippen LogP contribution in [0.15, 0.2) is 24.3 Å². The Labute approximate surface area is 115 Å². The smallest absolute Gasteiger partial charge is 0.0619 e. The second-order valence-electron chi connectivity index (χ2n) is 5.67. The highest BCUT2D eigenvalue weighted by Gasteiger charge is 2.38. The van der Waals surface area contributed by atoms with Crippen LogP contribution in [0.2, 0.25) is 0 Å². The Bertz CT molecular complexity index is 435. The number of hydrogen-bond donors (Lipinski definition) is 1. The van der Waals surface area contributed by atoms with Crippen molar-refractivity contribution >= 4 is 0 Å². The minimum Gasteiger partial charge on any atom is -0.379 e. The molecule has 0 spiro atoms. The minimum absolute atomic E-state index is 0.474. The number of benzene rings is 1. The lowest BCUT2D eigenvalue weighted by Gasteiger charge is -2.40. The number of hydrogen-bond acceptors (Lipinski definition) is 3. The lowest BCUT2D eigenvalue weighted by molar-refractivity contribution is -0.0272. The zero-order valence-corrected chi connectivity index (χ0v) is 11.9. The normalized spacial score (nSPS) is 31.4. The van der Waals surface area contributed by atoms with Crippen LogP contribution in [-0.2, 0) is 11.2 Å². The summed E-state index contributed by atoms with van der Waals surface area (Å²) >= 11 is 0. The van der Waals surface area contributed by atoms with Gasteiger partial charge >= 0.3 is 0 Å². The van der Waals surface area contributed by atoms with E-state index in [0.29, 0.717) is 18.1 Å². The molecule has 1 N–H and O–H groups in total. The van der Waals surface area contributed by atoms with Crippen LogP contribution in [-0.4, -0.2) is 43.3 Å². The summed E-state index contributed by atoms with van der Waals surface area (Å²) in [6.07, 6.45) is 1.16. The van der Waals surface area contributed by atoms with E-state index in [2.05, 4.69) is 48.3 Å². The van der Waals surface area contributed by atoms with Crippen molar-refractivity contribution in [2.24, 2.45) is 0 Å². The number of ether oxygens (including phenoxy) is 1. The highest BCUT2D eigenvalue weighted by Crippen LogP contribution is 2.35. The summed E-state index contributed by atoms with van der Waals surface area (Å²) in [5, 5.41) is 3.69. The molecule has 1 aliphatic heterocycles. The molecule has 3 nitrogen and oxygen atoms in total. The number of nitrogens with one attached hydrogen (secondary N) is 1. The quantitative estimate of drug-likeness (QED) is 0.899. The van der Waals surface area contributed by atoms with Gasteiger partial charge in [-0.05, 0) is 31.0 Å². The third kappa shape index (κ3) is 2.42. The van der Waals surface area contributed by atoms with E-state index in [4.69, 9.17) is 4.74 Å². The SMILES string of the molecule is CCNC1c2ccccc2CC1N1CCOCC1C. The fraction of sp³-hybridized carbons (Fsp3) is 0.625. The first-order valence-corrected chi connectivity index (χ1v) is 7.46. The van der Waals surface area contributed by atoms with E-state index in [1.54, 1.807) is 0 Å². The zero-order chi connectivity index (χ0) is 13.2. The Kier molecular flexibility index (Phi) is 3.87. The predicted molar refractivity (Wildman–Crippen MR) is 77.3 cm³/mol. The fourth-order valence-corrected chi connectivity index (χ4v) is 3.58. The summed E-state index contributed by atoms with van der Waals surface area (Å²) in [4.78, 5) is 2.64. The van der Waals surface area contributed by atoms with Crippen molar-refractivity contribution in [1.82, 2.24) is 10.2 Å². The molecule has 3 heteroatoms. The molecule has 104 valence electrons. The second-order valence-corrected chi connectivity index (χ2v) is 5.67. The predicted octanol–water partition coefficient (Wildman–Crippen LogP) is 1.98. The summed E-state index contributed by atoms with van der Waals surface area (Å²) < 4.78 is 5.58. The van der Waals surface area contributed by atoms with E-state index >= 15 is 0 Å². The Morgan fingerprint density at radius 2 is 2.21 bits per heavy atom. The average Bonchev–Trinajstić information content (AvgIpc) is 2.79. The molecule has 1 heterocycles. The number of rotatable bonds is 3. The topological polar surface area (TPSA) is 24.5 Å². The highest BCUT2D eigenvalue weighted by atomic mass is 16.5. The molecule has 0 saturated carbocycles. The third-order valence-corrected chi connectivity index (χ3v) is 4.47. The average molecular weight is 260 g/mol. The van der Waals surface area contributed by atoms with Crippen molar-refractivity contribution in [3.63, 3.8) is 0 Å². The van der Waals surface area contributed by atoms with Crippen molar-refractivity contribution in [3.05, 3.63) is 35.4 Å². The van der Waals surface area contributed by atoms with E-state index in [1.807, 2.05) is 0 Å². The standard InChI is InChI=1S/C16H24N2O/c1-3-17-16-14-7-5-4-6-13(14)10-15(16)18-8-9-19-11-12(18)2/h4-7,12,15-17H,3,8-11H2,1-2H3. The molecule has 19 heavy (non-hydrogen) atoms. The van der Waals surface area contributed by atoms with Crippen molar-refractivity contribution in [2.45, 2.75) is 38.4 Å². The maximum atomic E-state index is 5.58. The van der Waals surface area contributed by atoms with Gasteiger partial charge in [0.1, 0.15) is 0 Å². The molecular formula is C16H24N2O. The Morgan fingerprint density at radius 1 is 1.37 bits per heavy atom. The molecule has 1 aliphatic carbocycles. The lowest BCUT2D eigenvalue weighted by Crippen LogP contribution is -2.52. The van der Waals surface area contributed by atoms with Crippen molar-refractivity contribution in [2.75, 3.05) is 26.3 Å². The van der Waals surface area contributed by atoms with Crippen LogP contribution < -0.4 is 5.32 Å². The summed E-state index contributed by atoms with van der Waals surface area (Å²) in [7, 11) is 0. The highest BCUT2D eigenvalue weighted by molar-refractivity contribution is 5.37. The minimum atomic E-state index is 0.474. The summed E-state index contributed by atoms with van der Waals surface area (Å²) in [5.74, 6) is 0. The molecule has 0 bridgehead atoms. The first kappa shape index (κ1) is 13.1. The summed E-state index contributed by atoms with van der Waals surface area (Å²) in [5.41, 5.74) is 3.00. The van der Waals surface area contributed by atoms with Crippen LogP contribution >= 0.6 is 0 Å². The van der Waals surface area contributed by atoms with Crippen LogP contribution in [0.25, 0.3) is 0 Å². The van der Waals surface area contributed by atoms with E-state index in [1.165, 1.54) is 11.1 Å². The van der Waals surface area contributed by atoms with Gasteiger partial charge < -0.3 is 10.1 Å². The van der Waals surface area contributed by atoms with Crippen molar-refractivity contribution in [3.8, 4) is 0 Å². The van der Waals surface area contributed by atoms with E-state index in [0.717, 1.165) is 32.7 Å². The molecule has 0 radical (unpaired) electrons. The van der Waals surface area contributed by atoms with E-state index in [-0.39, 0.29) is 0 Å². The van der Waals surface area contributed by atoms with Crippen LogP contribution in [0.1, 0.15) is 31.0 Å². The van der Waals surface area contributed by atoms with Crippen LogP contribution in [0.4, 0.5) is 0 Å². The van der Waals surface area contributed by atoms with Gasteiger partial charge in [-0.15, -0.1) is 0 Å². The number of morpholine rings is 1. The summed E-state index contributed by atoms with van der Waals surface area (Å²) in [6, 6.07) is 10.5. The van der Waals surface area contributed by atoms with E-state index < -0.39 is 0 Å². The Morgan fingerprint density at radius 3 is 3.00 bits per heavy atom. The second kappa shape index (κ2) is 5.61. The molecular weight excluding hydrogens is 236 g/mol. The molecule has 1 fully saturated rings. The number of fused-ring (bicyclic) bond motifs is 1. The van der Waals surface area contributed by atoms with Gasteiger partial charge in [0, 0.05) is 24.7 Å². The van der Waals surface area contributed by atoms with Gasteiger partial charge in [0.05, 0.1) is 13.2 Å². The van der Waals surface area contributed by atoms with Crippen LogP contribution in [0.5, 0.6) is 0 Å². The fourth-order valence-electron chi connectivity index (χ4n) is 3.58. The molecule has 2 aliphatic rings. The van der Waals surface area contributed by atoms with Crippen LogP contribution in [0.3, 0.4) is 0 Å². The molecule has 1 aromatic carbocycles. The molecule has 1 aromatic rings. The zero-order valence-electron chi connectivity index (χ0n) is 11.9. The first-order chi connectivity index (χ1) is 9.31. The van der Waals surface area contributed by atoms with Gasteiger partial charge in [0.2, 0.25) is 0 Å².